The molecular formula is C9H9NOS. The van der Waals surface area contributed by atoms with Crippen molar-refractivity contribution in [2.24, 2.45) is 5.16 Å². The van der Waals surface area contributed by atoms with Crippen molar-refractivity contribution in [1.82, 2.24) is 0 Å². The Bertz CT molecular complexity index is 322. The van der Waals surface area contributed by atoms with Crippen LogP contribution in [0.3, 0.4) is 0 Å². The van der Waals surface area contributed by atoms with Crippen molar-refractivity contribution < 1.29 is 5.21 Å². The molecule has 0 aliphatic carbocycles. The standard InChI is InChI=1S/C9H9NOS/c11-10-9-6-12-5-7-3-1-2-4-8(7)9/h1-4,11H,5-6H2/b10-9+. The summed E-state index contributed by atoms with van der Waals surface area (Å²) in [7, 11) is 0. The Hall–Kier alpha value is -0.960. The maximum atomic E-state index is 8.71. The first-order valence-corrected chi connectivity index (χ1v) is 4.94. The number of nitrogens with zero attached hydrogens (tertiary/aromatic N) is 1. The fourth-order valence-electron chi connectivity index (χ4n) is 1.35. The second kappa shape index (κ2) is 3.19. The lowest BCUT2D eigenvalue weighted by molar-refractivity contribution is 0.319. The van der Waals surface area contributed by atoms with E-state index in [9.17, 15) is 0 Å². The minimum Gasteiger partial charge on any atom is -0.411 e. The normalized spacial score (nSPS) is 19.2. The Morgan fingerprint density at radius 1 is 1.25 bits per heavy atom. The molecule has 1 aliphatic rings. The molecule has 0 saturated heterocycles. The van der Waals surface area contributed by atoms with Gasteiger partial charge in [0.05, 0.1) is 5.71 Å². The quantitative estimate of drug-likeness (QED) is 0.488. The highest BCUT2D eigenvalue weighted by Crippen LogP contribution is 2.24. The Balaban J connectivity index is 2.51. The van der Waals surface area contributed by atoms with Crippen LogP contribution in [0.1, 0.15) is 11.1 Å². The van der Waals surface area contributed by atoms with E-state index in [-0.39, 0.29) is 0 Å². The highest BCUT2D eigenvalue weighted by molar-refractivity contribution is 7.99. The van der Waals surface area contributed by atoms with Gasteiger partial charge in [0.1, 0.15) is 0 Å². The SMILES string of the molecule is O/N=C1\CSCc2ccccc21. The molecule has 0 unspecified atom stereocenters. The minimum atomic E-state index is 0.793. The third-order valence-corrected chi connectivity index (χ3v) is 2.94. The maximum absolute atomic E-state index is 8.71. The summed E-state index contributed by atoms with van der Waals surface area (Å²) < 4.78 is 0. The first-order chi connectivity index (χ1) is 5.92. The molecule has 1 aromatic carbocycles. The van der Waals surface area contributed by atoms with Crippen LogP contribution >= 0.6 is 11.8 Å². The van der Waals surface area contributed by atoms with Gasteiger partial charge in [0.2, 0.25) is 0 Å². The summed E-state index contributed by atoms with van der Waals surface area (Å²) in [4.78, 5) is 0. The molecule has 0 fully saturated rings. The molecule has 1 heterocycles. The predicted octanol–water partition coefficient (Wildman–Crippen LogP) is 2.11. The minimum absolute atomic E-state index is 0.793. The fourth-order valence-corrected chi connectivity index (χ4v) is 2.33. The summed E-state index contributed by atoms with van der Waals surface area (Å²) in [5.41, 5.74) is 3.15. The number of benzene rings is 1. The van der Waals surface area contributed by atoms with Crippen molar-refractivity contribution in [3.8, 4) is 0 Å². The molecule has 0 bridgehead atoms. The van der Waals surface area contributed by atoms with E-state index in [1.54, 1.807) is 11.8 Å². The predicted molar refractivity (Wildman–Crippen MR) is 50.9 cm³/mol. The zero-order valence-electron chi connectivity index (χ0n) is 6.53. The van der Waals surface area contributed by atoms with Crippen molar-refractivity contribution in [3.05, 3.63) is 35.4 Å². The molecule has 0 aromatic heterocycles. The van der Waals surface area contributed by atoms with Gasteiger partial charge in [-0.1, -0.05) is 29.4 Å². The average Bonchev–Trinajstić information content (AvgIpc) is 2.17. The summed E-state index contributed by atoms with van der Waals surface area (Å²) in [5, 5.41) is 12.0. The van der Waals surface area contributed by atoms with E-state index in [1.165, 1.54) is 5.56 Å². The van der Waals surface area contributed by atoms with Gasteiger partial charge in [-0.2, -0.15) is 11.8 Å². The Morgan fingerprint density at radius 2 is 2.08 bits per heavy atom. The number of hydrogen-bond donors (Lipinski definition) is 1. The maximum Gasteiger partial charge on any atom is 0.0969 e. The Morgan fingerprint density at radius 3 is 2.92 bits per heavy atom. The van der Waals surface area contributed by atoms with Gasteiger partial charge in [-0.05, 0) is 5.56 Å². The number of thioether (sulfide) groups is 1. The molecule has 0 saturated carbocycles. The van der Waals surface area contributed by atoms with E-state index >= 15 is 0 Å². The van der Waals surface area contributed by atoms with E-state index in [0.29, 0.717) is 0 Å². The highest BCUT2D eigenvalue weighted by atomic mass is 32.2. The molecule has 12 heavy (non-hydrogen) atoms. The molecular weight excluding hydrogens is 170 g/mol. The van der Waals surface area contributed by atoms with Crippen molar-refractivity contribution in [3.63, 3.8) is 0 Å². The van der Waals surface area contributed by atoms with Gasteiger partial charge >= 0.3 is 0 Å². The molecule has 62 valence electrons. The van der Waals surface area contributed by atoms with Crippen LogP contribution in [0.4, 0.5) is 0 Å². The lowest BCUT2D eigenvalue weighted by Gasteiger charge is -2.15. The molecule has 1 aromatic rings. The molecule has 0 radical (unpaired) electrons. The van der Waals surface area contributed by atoms with E-state index < -0.39 is 0 Å². The third-order valence-electron chi connectivity index (χ3n) is 1.95. The summed E-state index contributed by atoms with van der Waals surface area (Å²) in [5.74, 6) is 1.84. The van der Waals surface area contributed by atoms with Gasteiger partial charge in [0, 0.05) is 17.1 Å². The van der Waals surface area contributed by atoms with Gasteiger partial charge < -0.3 is 5.21 Å². The first kappa shape index (κ1) is 7.68. The molecule has 3 heteroatoms. The van der Waals surface area contributed by atoms with Crippen molar-refractivity contribution in [1.29, 1.82) is 0 Å². The van der Waals surface area contributed by atoms with Gasteiger partial charge in [0.25, 0.3) is 0 Å². The Kier molecular flexibility index (Phi) is 2.04. The van der Waals surface area contributed by atoms with E-state index in [4.69, 9.17) is 5.21 Å². The summed E-state index contributed by atoms with van der Waals surface area (Å²) in [6.45, 7) is 0. The van der Waals surface area contributed by atoms with Gasteiger partial charge in [-0.3, -0.25) is 0 Å². The van der Waals surface area contributed by atoms with E-state index in [1.807, 2.05) is 18.2 Å². The molecule has 1 N–H and O–H groups in total. The van der Waals surface area contributed by atoms with Crippen LogP contribution < -0.4 is 0 Å². The van der Waals surface area contributed by atoms with Gasteiger partial charge in [-0.15, -0.1) is 0 Å². The van der Waals surface area contributed by atoms with Gasteiger partial charge in [-0.25, -0.2) is 0 Å². The Labute approximate surface area is 75.3 Å². The van der Waals surface area contributed by atoms with Crippen molar-refractivity contribution in [2.75, 3.05) is 5.75 Å². The smallest absolute Gasteiger partial charge is 0.0969 e. The molecule has 2 rings (SSSR count). The number of rotatable bonds is 0. The van der Waals surface area contributed by atoms with E-state index in [2.05, 4.69) is 11.2 Å². The van der Waals surface area contributed by atoms with Crippen molar-refractivity contribution >= 4 is 17.5 Å². The largest absolute Gasteiger partial charge is 0.411 e. The van der Waals surface area contributed by atoms with E-state index in [0.717, 1.165) is 22.8 Å². The highest BCUT2D eigenvalue weighted by Gasteiger charge is 2.14. The average molecular weight is 179 g/mol. The van der Waals surface area contributed by atoms with Crippen LogP contribution in [0.2, 0.25) is 0 Å². The summed E-state index contributed by atoms with van der Waals surface area (Å²) in [6, 6.07) is 8.07. The lowest BCUT2D eigenvalue weighted by Crippen LogP contribution is -2.12. The molecule has 0 amide bonds. The monoisotopic (exact) mass is 179 g/mol. The zero-order chi connectivity index (χ0) is 8.39. The number of oxime groups is 1. The van der Waals surface area contributed by atoms with Gasteiger partial charge in [0.15, 0.2) is 0 Å². The van der Waals surface area contributed by atoms with Crippen LogP contribution in [0.5, 0.6) is 0 Å². The zero-order valence-corrected chi connectivity index (χ0v) is 7.34. The van der Waals surface area contributed by atoms with Crippen LogP contribution in [0, 0.1) is 0 Å². The van der Waals surface area contributed by atoms with Crippen LogP contribution in [0.25, 0.3) is 0 Å². The topological polar surface area (TPSA) is 32.6 Å². The number of fused-ring (bicyclic) bond motifs is 1. The van der Waals surface area contributed by atoms with Crippen molar-refractivity contribution in [2.45, 2.75) is 5.75 Å². The van der Waals surface area contributed by atoms with Crippen LogP contribution in [-0.4, -0.2) is 16.7 Å². The first-order valence-electron chi connectivity index (χ1n) is 3.79. The molecule has 2 nitrogen and oxygen atoms in total. The molecule has 0 spiro atoms. The third kappa shape index (κ3) is 1.20. The summed E-state index contributed by atoms with van der Waals surface area (Å²) in [6.07, 6.45) is 0. The summed E-state index contributed by atoms with van der Waals surface area (Å²) >= 11 is 1.78. The second-order valence-corrected chi connectivity index (χ2v) is 3.68. The lowest BCUT2D eigenvalue weighted by atomic mass is 10.1. The van der Waals surface area contributed by atoms with Crippen LogP contribution in [-0.2, 0) is 5.75 Å². The van der Waals surface area contributed by atoms with Crippen LogP contribution in [0.15, 0.2) is 29.4 Å². The fraction of sp³-hybridized carbons (Fsp3) is 0.222. The number of hydrogen-bond acceptors (Lipinski definition) is 3. The molecule has 1 aliphatic heterocycles. The second-order valence-electron chi connectivity index (χ2n) is 2.70. The molecule has 0 atom stereocenters.